The van der Waals surface area contributed by atoms with Crippen molar-refractivity contribution in [3.8, 4) is 0 Å². The molecule has 0 spiro atoms. The lowest BCUT2D eigenvalue weighted by Gasteiger charge is -2.41. The zero-order valence-corrected chi connectivity index (χ0v) is 23.7. The summed E-state index contributed by atoms with van der Waals surface area (Å²) < 4.78 is 34.3. The Hall–Kier alpha value is -2.98. The largest absolute Gasteiger partial charge is 0.443 e. The van der Waals surface area contributed by atoms with E-state index in [1.807, 2.05) is 45.3 Å². The van der Waals surface area contributed by atoms with E-state index in [0.29, 0.717) is 18.0 Å². The fraction of sp³-hybridized carbons (Fsp3) is 0.536. The van der Waals surface area contributed by atoms with Crippen LogP contribution < -0.4 is 9.62 Å². The van der Waals surface area contributed by atoms with Crippen molar-refractivity contribution in [1.29, 1.82) is 0 Å². The Balaban J connectivity index is 1.36. The number of nitrogens with zero attached hydrogens (tertiary/aromatic N) is 4. The molecule has 0 radical (unpaired) electrons. The minimum Gasteiger partial charge on any atom is -0.443 e. The van der Waals surface area contributed by atoms with Crippen LogP contribution in [0.4, 0.5) is 5.82 Å². The third-order valence-electron chi connectivity index (χ3n) is 7.17. The summed E-state index contributed by atoms with van der Waals surface area (Å²) in [7, 11) is -1.25. The summed E-state index contributed by atoms with van der Waals surface area (Å²) in [5.41, 5.74) is 2.88. The number of carbonyl (C=O) groups excluding carboxylic acids is 1. The predicted octanol–water partition coefficient (Wildman–Crippen LogP) is 4.23. The van der Waals surface area contributed by atoms with Gasteiger partial charge in [0.25, 0.3) is 0 Å². The van der Waals surface area contributed by atoms with E-state index >= 15 is 0 Å². The molecule has 1 atom stereocenters. The van der Waals surface area contributed by atoms with Crippen LogP contribution in [0.1, 0.15) is 64.0 Å². The van der Waals surface area contributed by atoms with Crippen molar-refractivity contribution in [3.63, 3.8) is 0 Å². The minimum absolute atomic E-state index is 0.0475. The summed E-state index contributed by atoms with van der Waals surface area (Å²) >= 11 is 0. The molecule has 2 aromatic heterocycles. The number of aromatic nitrogens is 3. The van der Waals surface area contributed by atoms with Crippen molar-refractivity contribution in [2.75, 3.05) is 17.7 Å². The van der Waals surface area contributed by atoms with Gasteiger partial charge in [-0.25, -0.2) is 23.1 Å². The molecule has 0 bridgehead atoms. The summed E-state index contributed by atoms with van der Waals surface area (Å²) in [6.45, 7) is 8.15. The van der Waals surface area contributed by atoms with Gasteiger partial charge >= 0.3 is 5.97 Å². The summed E-state index contributed by atoms with van der Waals surface area (Å²) in [6, 6.07) is 10.2. The SMILES string of the molecule is CCCS(=O)(=O)NC1CC(N(C)c2ncnc3c2ccn3COC(=O)[C@H](C)c2ccc(CC(C)C)cc2)C1. The Morgan fingerprint density at radius 3 is 2.53 bits per heavy atom. The van der Waals surface area contributed by atoms with Crippen molar-refractivity contribution < 1.29 is 17.9 Å². The number of carbonyl (C=O) groups is 1. The highest BCUT2D eigenvalue weighted by Crippen LogP contribution is 2.32. The normalized spacial score (nSPS) is 18.4. The van der Waals surface area contributed by atoms with Crippen LogP contribution in [-0.2, 0) is 32.7 Å². The molecule has 4 rings (SSSR count). The zero-order chi connectivity index (χ0) is 27.4. The van der Waals surface area contributed by atoms with Gasteiger partial charge in [-0.1, -0.05) is 45.0 Å². The van der Waals surface area contributed by atoms with E-state index in [0.717, 1.165) is 36.0 Å². The van der Waals surface area contributed by atoms with Crippen LogP contribution in [0.25, 0.3) is 11.0 Å². The van der Waals surface area contributed by atoms with Crippen LogP contribution in [0.3, 0.4) is 0 Å². The predicted molar refractivity (Wildman–Crippen MR) is 149 cm³/mol. The fourth-order valence-corrected chi connectivity index (χ4v) is 6.29. The molecule has 9 nitrogen and oxygen atoms in total. The summed E-state index contributed by atoms with van der Waals surface area (Å²) in [5.74, 6) is 0.844. The Morgan fingerprint density at radius 2 is 1.87 bits per heavy atom. The Bertz CT molecular complexity index is 1350. The molecule has 1 N–H and O–H groups in total. The Labute approximate surface area is 225 Å². The molecule has 10 heteroatoms. The van der Waals surface area contributed by atoms with Gasteiger partial charge in [-0.2, -0.15) is 0 Å². The van der Waals surface area contributed by atoms with E-state index in [1.165, 1.54) is 11.9 Å². The van der Waals surface area contributed by atoms with E-state index in [9.17, 15) is 13.2 Å². The number of ether oxygens (including phenoxy) is 1. The van der Waals surface area contributed by atoms with Crippen molar-refractivity contribution >= 4 is 32.8 Å². The molecule has 1 fully saturated rings. The average molecular weight is 542 g/mol. The van der Waals surface area contributed by atoms with Crippen LogP contribution in [0.2, 0.25) is 0 Å². The number of benzene rings is 1. The van der Waals surface area contributed by atoms with Crippen molar-refractivity contribution in [3.05, 3.63) is 54.0 Å². The van der Waals surface area contributed by atoms with Gasteiger partial charge in [0, 0.05) is 25.3 Å². The van der Waals surface area contributed by atoms with Gasteiger partial charge in [0.15, 0.2) is 6.73 Å². The molecule has 1 aromatic carbocycles. The quantitative estimate of drug-likeness (QED) is 0.342. The number of esters is 1. The van der Waals surface area contributed by atoms with Gasteiger partial charge in [0.2, 0.25) is 10.0 Å². The number of anilines is 1. The third kappa shape index (κ3) is 6.53. The van der Waals surface area contributed by atoms with Crippen LogP contribution in [-0.4, -0.2) is 53.8 Å². The van der Waals surface area contributed by atoms with Crippen LogP contribution in [0.15, 0.2) is 42.9 Å². The molecule has 3 aromatic rings. The number of hydrogen-bond acceptors (Lipinski definition) is 7. The number of sulfonamides is 1. The van der Waals surface area contributed by atoms with Gasteiger partial charge in [-0.15, -0.1) is 0 Å². The van der Waals surface area contributed by atoms with Crippen molar-refractivity contribution in [1.82, 2.24) is 19.3 Å². The average Bonchev–Trinajstić information content (AvgIpc) is 3.27. The molecule has 0 unspecified atom stereocenters. The highest BCUT2D eigenvalue weighted by atomic mass is 32.2. The van der Waals surface area contributed by atoms with E-state index in [4.69, 9.17) is 4.74 Å². The second kappa shape index (κ2) is 11.8. The highest BCUT2D eigenvalue weighted by Gasteiger charge is 2.35. The lowest BCUT2D eigenvalue weighted by atomic mass is 9.86. The Morgan fingerprint density at radius 1 is 1.16 bits per heavy atom. The lowest BCUT2D eigenvalue weighted by Crippen LogP contribution is -2.53. The first kappa shape index (κ1) is 28.0. The molecular weight excluding hydrogens is 502 g/mol. The first-order chi connectivity index (χ1) is 18.1. The summed E-state index contributed by atoms with van der Waals surface area (Å²) in [4.78, 5) is 23.8. The molecular formula is C28H39N5O4S. The Kier molecular flexibility index (Phi) is 8.72. The van der Waals surface area contributed by atoms with Crippen LogP contribution in [0, 0.1) is 5.92 Å². The summed E-state index contributed by atoms with van der Waals surface area (Å²) in [6.07, 6.45) is 6.41. The monoisotopic (exact) mass is 541 g/mol. The molecule has 0 aliphatic heterocycles. The first-order valence-corrected chi connectivity index (χ1v) is 15.0. The second-order valence-electron chi connectivity index (χ2n) is 10.7. The summed E-state index contributed by atoms with van der Waals surface area (Å²) in [5, 5.41) is 0.856. The molecule has 1 saturated carbocycles. The van der Waals surface area contributed by atoms with Gasteiger partial charge in [0.05, 0.1) is 17.1 Å². The number of rotatable bonds is 12. The van der Waals surface area contributed by atoms with Gasteiger partial charge < -0.3 is 9.64 Å². The molecule has 1 aliphatic carbocycles. The molecule has 2 heterocycles. The van der Waals surface area contributed by atoms with E-state index in [-0.39, 0.29) is 36.5 Å². The van der Waals surface area contributed by atoms with E-state index in [1.54, 1.807) is 4.57 Å². The fourth-order valence-electron chi connectivity index (χ4n) is 4.94. The first-order valence-electron chi connectivity index (χ1n) is 13.4. The molecule has 1 aliphatic rings. The minimum atomic E-state index is -3.22. The second-order valence-corrected chi connectivity index (χ2v) is 12.6. The standard InChI is InChI=1S/C28H39N5O4S/c1-6-13-38(35,36)31-23-15-24(16-23)32(5)26-25-11-12-33(27(25)30-17-29-26)18-37-28(34)20(4)22-9-7-21(8-10-22)14-19(2)3/h7-12,17,19-20,23-24,31H,6,13-16,18H2,1-5H3/t20-,23?,24?/m1/s1. The lowest BCUT2D eigenvalue weighted by molar-refractivity contribution is -0.148. The smallest absolute Gasteiger partial charge is 0.314 e. The zero-order valence-electron chi connectivity index (χ0n) is 22.9. The molecule has 206 valence electrons. The van der Waals surface area contributed by atoms with Crippen molar-refractivity contribution in [2.24, 2.45) is 5.92 Å². The number of fused-ring (bicyclic) bond motifs is 1. The van der Waals surface area contributed by atoms with E-state index in [2.05, 4.69) is 45.6 Å². The van der Waals surface area contributed by atoms with Crippen LogP contribution in [0.5, 0.6) is 0 Å². The molecule has 0 amide bonds. The van der Waals surface area contributed by atoms with Crippen LogP contribution >= 0.6 is 0 Å². The maximum atomic E-state index is 12.8. The molecule has 0 saturated heterocycles. The van der Waals surface area contributed by atoms with Gasteiger partial charge in [0.1, 0.15) is 17.8 Å². The molecule has 38 heavy (non-hydrogen) atoms. The maximum absolute atomic E-state index is 12.8. The van der Waals surface area contributed by atoms with Crippen molar-refractivity contribution in [2.45, 2.75) is 78.1 Å². The topological polar surface area (TPSA) is 106 Å². The number of hydrogen-bond donors (Lipinski definition) is 1. The third-order valence-corrected chi connectivity index (χ3v) is 8.81. The number of nitrogens with one attached hydrogen (secondary N) is 1. The van der Waals surface area contributed by atoms with E-state index < -0.39 is 10.0 Å². The highest BCUT2D eigenvalue weighted by molar-refractivity contribution is 7.89. The van der Waals surface area contributed by atoms with Gasteiger partial charge in [-0.3, -0.25) is 9.36 Å². The maximum Gasteiger partial charge on any atom is 0.314 e. The van der Waals surface area contributed by atoms with Gasteiger partial charge in [-0.05, 0) is 55.7 Å².